The third kappa shape index (κ3) is 3.32. The summed E-state index contributed by atoms with van der Waals surface area (Å²) in [5.41, 5.74) is 0.536. The smallest absolute Gasteiger partial charge is 0.165 e. The number of rotatable bonds is 5. The zero-order valence-corrected chi connectivity index (χ0v) is 11.0. The lowest BCUT2D eigenvalue weighted by molar-refractivity contribution is 0.198. The normalized spacial score (nSPS) is 12.4. The van der Waals surface area contributed by atoms with Crippen molar-refractivity contribution in [2.75, 3.05) is 6.61 Å². The lowest BCUT2D eigenvalue weighted by Gasteiger charge is -2.10. The molecular weight excluding hydrogens is 247 g/mol. The Kier molecular flexibility index (Phi) is 4.16. The van der Waals surface area contributed by atoms with Gasteiger partial charge in [0.1, 0.15) is 5.82 Å². The first-order valence-electron chi connectivity index (χ1n) is 6.14. The number of hydrogen-bond donors (Lipinski definition) is 1. The summed E-state index contributed by atoms with van der Waals surface area (Å²) >= 11 is 0. The maximum absolute atomic E-state index is 13.7. The van der Waals surface area contributed by atoms with Gasteiger partial charge in [-0.2, -0.15) is 0 Å². The van der Waals surface area contributed by atoms with Crippen molar-refractivity contribution in [3.63, 3.8) is 0 Å². The van der Waals surface area contributed by atoms with Gasteiger partial charge >= 0.3 is 0 Å². The Morgan fingerprint density at radius 2 is 2.26 bits per heavy atom. The van der Waals surface area contributed by atoms with Gasteiger partial charge in [-0.05, 0) is 24.6 Å². The second kappa shape index (κ2) is 5.84. The number of benzene rings is 1. The standard InChI is InChI=1S/C14H17FN2O2/c1-10(18)11-3-4-13(12(15)9-11)19-8-5-14-16-6-7-17(14)2/h3-4,6-7,9-10,18H,5,8H2,1-2H3/t10-/m1/s1. The van der Waals surface area contributed by atoms with E-state index in [1.54, 1.807) is 19.2 Å². The van der Waals surface area contributed by atoms with Gasteiger partial charge < -0.3 is 14.4 Å². The van der Waals surface area contributed by atoms with Crippen molar-refractivity contribution in [3.05, 3.63) is 47.8 Å². The van der Waals surface area contributed by atoms with Crippen LogP contribution in [0.4, 0.5) is 4.39 Å². The molecule has 0 saturated heterocycles. The molecule has 5 heteroatoms. The van der Waals surface area contributed by atoms with Gasteiger partial charge in [0.15, 0.2) is 11.6 Å². The topological polar surface area (TPSA) is 47.3 Å². The van der Waals surface area contributed by atoms with Crippen LogP contribution in [0.3, 0.4) is 0 Å². The summed E-state index contributed by atoms with van der Waals surface area (Å²) in [7, 11) is 1.90. The zero-order chi connectivity index (χ0) is 13.8. The van der Waals surface area contributed by atoms with Crippen molar-refractivity contribution >= 4 is 0 Å². The molecule has 0 aliphatic rings. The molecule has 1 heterocycles. The van der Waals surface area contributed by atoms with E-state index >= 15 is 0 Å². The summed E-state index contributed by atoms with van der Waals surface area (Å²) in [5.74, 6) is 0.623. The van der Waals surface area contributed by atoms with Crippen LogP contribution in [0.15, 0.2) is 30.6 Å². The lowest BCUT2D eigenvalue weighted by atomic mass is 10.1. The van der Waals surface area contributed by atoms with Gasteiger partial charge in [0.2, 0.25) is 0 Å². The Hall–Kier alpha value is -1.88. The second-order valence-electron chi connectivity index (χ2n) is 4.42. The minimum absolute atomic E-state index is 0.193. The van der Waals surface area contributed by atoms with E-state index in [-0.39, 0.29) is 5.75 Å². The Bertz CT molecular complexity index is 552. The second-order valence-corrected chi connectivity index (χ2v) is 4.42. The van der Waals surface area contributed by atoms with E-state index in [1.165, 1.54) is 12.1 Å². The minimum atomic E-state index is -0.684. The molecule has 0 fully saturated rings. The number of aliphatic hydroxyl groups is 1. The van der Waals surface area contributed by atoms with Gasteiger partial charge in [-0.3, -0.25) is 0 Å². The number of imidazole rings is 1. The van der Waals surface area contributed by atoms with Crippen LogP contribution < -0.4 is 4.74 Å². The van der Waals surface area contributed by atoms with Crippen molar-refractivity contribution in [1.82, 2.24) is 9.55 Å². The van der Waals surface area contributed by atoms with Gasteiger partial charge in [-0.25, -0.2) is 9.37 Å². The van der Waals surface area contributed by atoms with Gasteiger partial charge in [-0.15, -0.1) is 0 Å². The minimum Gasteiger partial charge on any atom is -0.490 e. The van der Waals surface area contributed by atoms with Crippen molar-refractivity contribution in [3.8, 4) is 5.75 Å². The van der Waals surface area contributed by atoms with Gasteiger partial charge in [0, 0.05) is 25.9 Å². The molecule has 0 saturated carbocycles. The van der Waals surface area contributed by atoms with Crippen LogP contribution in [0.2, 0.25) is 0 Å². The van der Waals surface area contributed by atoms with Crippen LogP contribution in [0, 0.1) is 5.82 Å². The molecule has 0 aliphatic carbocycles. The molecule has 0 spiro atoms. The molecular formula is C14H17FN2O2. The Morgan fingerprint density at radius 3 is 2.84 bits per heavy atom. The third-order valence-corrected chi connectivity index (χ3v) is 2.94. The van der Waals surface area contributed by atoms with Crippen LogP contribution in [0.1, 0.15) is 24.4 Å². The summed E-state index contributed by atoms with van der Waals surface area (Å²) in [5, 5.41) is 9.35. The SMILES string of the molecule is C[C@@H](O)c1ccc(OCCc2nccn2C)c(F)c1. The molecule has 1 N–H and O–H groups in total. The Morgan fingerprint density at radius 1 is 1.47 bits per heavy atom. The van der Waals surface area contributed by atoms with E-state index in [9.17, 15) is 9.50 Å². The first-order valence-corrected chi connectivity index (χ1v) is 6.14. The first-order chi connectivity index (χ1) is 9.08. The van der Waals surface area contributed by atoms with Gasteiger partial charge in [-0.1, -0.05) is 6.07 Å². The first kappa shape index (κ1) is 13.5. The highest BCUT2D eigenvalue weighted by atomic mass is 19.1. The largest absolute Gasteiger partial charge is 0.490 e. The van der Waals surface area contributed by atoms with Gasteiger partial charge in [0.05, 0.1) is 12.7 Å². The van der Waals surface area contributed by atoms with Crippen molar-refractivity contribution < 1.29 is 14.2 Å². The van der Waals surface area contributed by atoms with E-state index in [4.69, 9.17) is 4.74 Å². The third-order valence-electron chi connectivity index (χ3n) is 2.94. The van der Waals surface area contributed by atoms with Crippen LogP contribution in [0.5, 0.6) is 5.75 Å². The number of aromatic nitrogens is 2. The molecule has 4 nitrogen and oxygen atoms in total. The van der Waals surface area contributed by atoms with E-state index < -0.39 is 11.9 Å². The summed E-state index contributed by atoms with van der Waals surface area (Å²) in [6, 6.07) is 4.49. The average Bonchev–Trinajstić information content (AvgIpc) is 2.77. The van der Waals surface area contributed by atoms with Crippen molar-refractivity contribution in [2.24, 2.45) is 7.05 Å². The highest BCUT2D eigenvalue weighted by molar-refractivity contribution is 5.30. The molecule has 1 atom stereocenters. The number of aliphatic hydroxyl groups excluding tert-OH is 1. The molecule has 0 amide bonds. The van der Waals surface area contributed by atoms with Crippen molar-refractivity contribution in [1.29, 1.82) is 0 Å². The van der Waals surface area contributed by atoms with E-state index in [2.05, 4.69) is 4.98 Å². The lowest BCUT2D eigenvalue weighted by Crippen LogP contribution is -2.07. The highest BCUT2D eigenvalue weighted by Crippen LogP contribution is 2.22. The molecule has 0 aliphatic heterocycles. The summed E-state index contributed by atoms with van der Waals surface area (Å²) in [4.78, 5) is 4.16. The van der Waals surface area contributed by atoms with Crippen LogP contribution in [-0.4, -0.2) is 21.3 Å². The molecule has 0 radical (unpaired) electrons. The molecule has 0 bridgehead atoms. The van der Waals surface area contributed by atoms with Gasteiger partial charge in [0.25, 0.3) is 0 Å². The fourth-order valence-corrected chi connectivity index (χ4v) is 1.78. The fourth-order valence-electron chi connectivity index (χ4n) is 1.78. The average molecular weight is 264 g/mol. The number of ether oxygens (including phenoxy) is 1. The number of aryl methyl sites for hydroxylation is 1. The van der Waals surface area contributed by atoms with E-state index in [1.807, 2.05) is 17.8 Å². The van der Waals surface area contributed by atoms with Crippen LogP contribution >= 0.6 is 0 Å². The Labute approximate surface area is 111 Å². The van der Waals surface area contributed by atoms with E-state index in [0.29, 0.717) is 18.6 Å². The highest BCUT2D eigenvalue weighted by Gasteiger charge is 2.08. The molecule has 2 aromatic rings. The summed E-state index contributed by atoms with van der Waals surface area (Å²) in [6.45, 7) is 1.95. The number of halogens is 1. The zero-order valence-electron chi connectivity index (χ0n) is 11.0. The number of hydrogen-bond acceptors (Lipinski definition) is 3. The molecule has 0 unspecified atom stereocenters. The molecule has 102 valence electrons. The van der Waals surface area contributed by atoms with Crippen LogP contribution in [-0.2, 0) is 13.5 Å². The molecule has 2 rings (SSSR count). The fraction of sp³-hybridized carbons (Fsp3) is 0.357. The molecule has 1 aromatic carbocycles. The molecule has 19 heavy (non-hydrogen) atoms. The maximum Gasteiger partial charge on any atom is 0.165 e. The summed E-state index contributed by atoms with van der Waals surface area (Å²) < 4.78 is 21.0. The number of nitrogens with zero attached hydrogens (tertiary/aromatic N) is 2. The monoisotopic (exact) mass is 264 g/mol. The summed E-state index contributed by atoms with van der Waals surface area (Å²) in [6.07, 6.45) is 3.50. The predicted molar refractivity (Wildman–Crippen MR) is 69.4 cm³/mol. The predicted octanol–water partition coefficient (Wildman–Crippen LogP) is 2.23. The molecule has 1 aromatic heterocycles. The maximum atomic E-state index is 13.7. The quantitative estimate of drug-likeness (QED) is 0.901. The van der Waals surface area contributed by atoms with E-state index in [0.717, 1.165) is 5.82 Å². The Balaban J connectivity index is 1.95. The van der Waals surface area contributed by atoms with Crippen molar-refractivity contribution in [2.45, 2.75) is 19.4 Å². The van der Waals surface area contributed by atoms with Crippen LogP contribution in [0.25, 0.3) is 0 Å².